The van der Waals surface area contributed by atoms with Crippen LogP contribution in [0.15, 0.2) is 52.3 Å². The number of para-hydroxylation sites is 1. The van der Waals surface area contributed by atoms with Crippen LogP contribution in [-0.4, -0.2) is 37.2 Å². The van der Waals surface area contributed by atoms with Gasteiger partial charge in [-0.05, 0) is 25.8 Å². The minimum atomic E-state index is -0.471. The summed E-state index contributed by atoms with van der Waals surface area (Å²) in [6.45, 7) is 10.8. The number of aliphatic hydroxyl groups is 1. The fourth-order valence-electron chi connectivity index (χ4n) is 3.29. The molecule has 0 aliphatic carbocycles. The topological polar surface area (TPSA) is 120 Å². The van der Waals surface area contributed by atoms with Crippen LogP contribution in [0.1, 0.15) is 71.8 Å². The molecule has 0 bridgehead atoms. The van der Waals surface area contributed by atoms with E-state index in [0.29, 0.717) is 41.5 Å². The second kappa shape index (κ2) is 16.8. The summed E-state index contributed by atoms with van der Waals surface area (Å²) in [7, 11) is 1.00. The second-order valence-corrected chi connectivity index (χ2v) is 6.62. The molecule has 1 aliphatic heterocycles. The lowest BCUT2D eigenvalue weighted by molar-refractivity contribution is -0.138. The number of hydrogen-bond donors (Lipinski definition) is 3. The van der Waals surface area contributed by atoms with Gasteiger partial charge in [-0.3, -0.25) is 0 Å². The van der Waals surface area contributed by atoms with Crippen LogP contribution in [0.5, 0.6) is 5.75 Å². The van der Waals surface area contributed by atoms with Gasteiger partial charge < -0.3 is 26.0 Å². The Kier molecular flexibility index (Phi) is 15.4. The van der Waals surface area contributed by atoms with Gasteiger partial charge in [0.1, 0.15) is 11.6 Å². The van der Waals surface area contributed by atoms with Crippen molar-refractivity contribution in [1.82, 2.24) is 0 Å². The van der Waals surface area contributed by atoms with Crippen LogP contribution in [0, 0.1) is 0 Å². The molecule has 32 heavy (non-hydrogen) atoms. The number of ether oxygens (including phenoxy) is 2. The number of carbonyl (C=O) groups is 1. The zero-order valence-electron chi connectivity index (χ0n) is 20.5. The van der Waals surface area contributed by atoms with Gasteiger partial charge in [0.25, 0.3) is 0 Å². The fraction of sp³-hybridized carbons (Fsp3) is 0.520. The third kappa shape index (κ3) is 7.71. The molecular weight excluding hydrogens is 406 g/mol. The van der Waals surface area contributed by atoms with Crippen LogP contribution in [0.4, 0.5) is 0 Å². The molecule has 1 unspecified atom stereocenters. The Balaban J connectivity index is 0.00000227. The lowest BCUT2D eigenvalue weighted by atomic mass is 9.80. The van der Waals surface area contributed by atoms with E-state index < -0.39 is 11.9 Å². The molecule has 1 aliphatic rings. The highest BCUT2D eigenvalue weighted by Gasteiger charge is 2.36. The van der Waals surface area contributed by atoms with Gasteiger partial charge in [0, 0.05) is 24.4 Å². The van der Waals surface area contributed by atoms with Gasteiger partial charge in [-0.2, -0.15) is 0 Å². The first kappa shape index (κ1) is 29.2. The van der Waals surface area contributed by atoms with Gasteiger partial charge in [0.15, 0.2) is 0 Å². The van der Waals surface area contributed by atoms with Gasteiger partial charge in [-0.25, -0.2) is 9.79 Å². The normalized spacial score (nSPS) is 16.3. The Morgan fingerprint density at radius 1 is 1.16 bits per heavy atom. The van der Waals surface area contributed by atoms with Gasteiger partial charge in [0.2, 0.25) is 0 Å². The Hall–Kier alpha value is -2.80. The van der Waals surface area contributed by atoms with E-state index in [1.165, 1.54) is 6.20 Å². The standard InChI is InChI=1S/C22H31N3O3.C2H6.CH4O/c1-4-7-13-28-18-12-9-8-11-15(18)19-16(14-23)21(24)25-17(10-5-2)20(19)22(26)27-6-3;2*1-2/h8-9,11-12,14,19H,4-7,10,13,23H2,1-3H3,(H2,24,25);1-2H3;2H,1H3/b16-14-;;. The van der Waals surface area contributed by atoms with Gasteiger partial charge >= 0.3 is 5.97 Å². The fourth-order valence-corrected chi connectivity index (χ4v) is 3.29. The number of benzene rings is 1. The maximum absolute atomic E-state index is 12.9. The van der Waals surface area contributed by atoms with E-state index in [0.717, 1.165) is 31.9 Å². The molecule has 1 aromatic rings. The van der Waals surface area contributed by atoms with Crippen molar-refractivity contribution in [3.63, 3.8) is 0 Å². The zero-order chi connectivity index (χ0) is 24.5. The van der Waals surface area contributed by atoms with Crippen molar-refractivity contribution in [3.8, 4) is 5.75 Å². The summed E-state index contributed by atoms with van der Waals surface area (Å²) in [6.07, 6.45) is 4.87. The molecule has 180 valence electrons. The van der Waals surface area contributed by atoms with Crippen molar-refractivity contribution >= 4 is 11.8 Å². The van der Waals surface area contributed by atoms with Crippen molar-refractivity contribution < 1.29 is 19.4 Å². The number of aliphatic imine (C=N–C) groups is 1. The van der Waals surface area contributed by atoms with Crippen molar-refractivity contribution in [2.45, 2.75) is 66.2 Å². The Labute approximate surface area is 193 Å². The smallest absolute Gasteiger partial charge is 0.336 e. The van der Waals surface area contributed by atoms with E-state index in [2.05, 4.69) is 11.9 Å². The van der Waals surface area contributed by atoms with Gasteiger partial charge in [-0.15, -0.1) is 0 Å². The maximum atomic E-state index is 12.9. The first-order chi connectivity index (χ1) is 15.6. The summed E-state index contributed by atoms with van der Waals surface area (Å²) in [5, 5.41) is 7.00. The van der Waals surface area contributed by atoms with E-state index in [1.54, 1.807) is 6.92 Å². The van der Waals surface area contributed by atoms with Crippen LogP contribution in [-0.2, 0) is 9.53 Å². The molecule has 1 atom stereocenters. The van der Waals surface area contributed by atoms with Gasteiger partial charge in [-0.1, -0.05) is 58.7 Å². The highest BCUT2D eigenvalue weighted by atomic mass is 16.5. The van der Waals surface area contributed by atoms with Crippen LogP contribution in [0.25, 0.3) is 0 Å². The summed E-state index contributed by atoms with van der Waals surface area (Å²) in [6, 6.07) is 7.68. The summed E-state index contributed by atoms with van der Waals surface area (Å²) in [5.41, 5.74) is 14.7. The average Bonchev–Trinajstić information content (AvgIpc) is 2.82. The summed E-state index contributed by atoms with van der Waals surface area (Å²) < 4.78 is 11.4. The number of allylic oxidation sites excluding steroid dienone is 1. The Morgan fingerprint density at radius 3 is 2.38 bits per heavy atom. The molecule has 0 saturated carbocycles. The first-order valence-electron chi connectivity index (χ1n) is 11.4. The van der Waals surface area contributed by atoms with Crippen LogP contribution < -0.4 is 16.2 Å². The summed E-state index contributed by atoms with van der Waals surface area (Å²) in [5.74, 6) is 0.177. The number of amidine groups is 1. The average molecular weight is 448 g/mol. The summed E-state index contributed by atoms with van der Waals surface area (Å²) in [4.78, 5) is 17.4. The molecule has 1 aromatic carbocycles. The molecular formula is C25H41N3O4. The van der Waals surface area contributed by atoms with Crippen LogP contribution in [0.2, 0.25) is 0 Å². The monoisotopic (exact) mass is 447 g/mol. The molecule has 0 aromatic heterocycles. The molecule has 7 nitrogen and oxygen atoms in total. The minimum absolute atomic E-state index is 0.282. The molecule has 0 saturated heterocycles. The second-order valence-electron chi connectivity index (χ2n) is 6.62. The first-order valence-corrected chi connectivity index (χ1v) is 11.4. The van der Waals surface area contributed by atoms with Crippen LogP contribution >= 0.6 is 0 Å². The molecule has 2 rings (SSSR count). The lowest BCUT2D eigenvalue weighted by Gasteiger charge is -2.29. The molecule has 0 radical (unpaired) electrons. The highest BCUT2D eigenvalue weighted by Crippen LogP contribution is 2.42. The quantitative estimate of drug-likeness (QED) is 0.381. The predicted octanol–water partition coefficient (Wildman–Crippen LogP) is 4.41. The van der Waals surface area contributed by atoms with Crippen molar-refractivity contribution in [1.29, 1.82) is 0 Å². The maximum Gasteiger partial charge on any atom is 0.336 e. The van der Waals surface area contributed by atoms with Crippen molar-refractivity contribution in [2.24, 2.45) is 16.5 Å². The number of nitrogens with zero attached hydrogens (tertiary/aromatic N) is 1. The largest absolute Gasteiger partial charge is 0.493 e. The highest BCUT2D eigenvalue weighted by molar-refractivity contribution is 6.05. The number of rotatable bonds is 9. The van der Waals surface area contributed by atoms with E-state index in [-0.39, 0.29) is 6.61 Å². The van der Waals surface area contributed by atoms with E-state index in [9.17, 15) is 4.79 Å². The number of hydrogen-bond acceptors (Lipinski definition) is 7. The number of unbranched alkanes of at least 4 members (excludes halogenated alkanes) is 1. The predicted molar refractivity (Wildman–Crippen MR) is 132 cm³/mol. The summed E-state index contributed by atoms with van der Waals surface area (Å²) >= 11 is 0. The third-order valence-electron chi connectivity index (χ3n) is 4.61. The zero-order valence-corrected chi connectivity index (χ0v) is 20.5. The molecule has 0 fully saturated rings. The van der Waals surface area contributed by atoms with Gasteiger partial charge in [0.05, 0.1) is 30.4 Å². The molecule has 5 N–H and O–H groups in total. The van der Waals surface area contributed by atoms with Crippen molar-refractivity contribution in [3.05, 3.63) is 52.9 Å². The Bertz CT molecular complexity index is 785. The van der Waals surface area contributed by atoms with Crippen molar-refractivity contribution in [2.75, 3.05) is 20.3 Å². The van der Waals surface area contributed by atoms with E-state index in [4.69, 9.17) is 26.0 Å². The molecule has 0 amide bonds. The number of nitrogens with two attached hydrogens (primary N) is 2. The van der Waals surface area contributed by atoms with E-state index in [1.807, 2.05) is 45.0 Å². The Morgan fingerprint density at radius 2 is 1.81 bits per heavy atom. The third-order valence-corrected chi connectivity index (χ3v) is 4.61. The number of esters is 1. The van der Waals surface area contributed by atoms with E-state index >= 15 is 0 Å². The molecule has 0 spiro atoms. The molecule has 1 heterocycles. The molecule has 7 heteroatoms. The lowest BCUT2D eigenvalue weighted by Crippen LogP contribution is -2.30. The number of carbonyl (C=O) groups excluding carboxylic acids is 1. The minimum Gasteiger partial charge on any atom is -0.493 e. The van der Waals surface area contributed by atoms with Crippen LogP contribution in [0.3, 0.4) is 0 Å². The SMILES string of the molecule is CC.CCCCOc1ccccc1C1C(C(=O)OCC)=C(CCC)N=C(N)/C1=C\N.CO. The number of aliphatic hydroxyl groups excluding tert-OH is 1.